The summed E-state index contributed by atoms with van der Waals surface area (Å²) in [6.45, 7) is 0. The van der Waals surface area contributed by atoms with E-state index in [1.54, 1.807) is 0 Å². The lowest BCUT2D eigenvalue weighted by Gasteiger charge is -2.09. The van der Waals surface area contributed by atoms with Crippen LogP contribution in [-0.4, -0.2) is 24.1 Å². The van der Waals surface area contributed by atoms with Gasteiger partial charge in [0.15, 0.2) is 0 Å². The van der Waals surface area contributed by atoms with Gasteiger partial charge in [0.25, 0.3) is 0 Å². The third-order valence-electron chi connectivity index (χ3n) is 7.97. The van der Waals surface area contributed by atoms with E-state index in [0.29, 0.717) is 0 Å². The van der Waals surface area contributed by atoms with Crippen LogP contribution in [0.15, 0.2) is 128 Å². The number of nitrogens with zero attached hydrogens (tertiary/aromatic N) is 5. The predicted octanol–water partition coefficient (Wildman–Crippen LogP) is 8.37. The minimum atomic E-state index is 0.850. The molecule has 0 bridgehead atoms. The zero-order chi connectivity index (χ0) is 26.2. The molecule has 9 aromatic rings. The molecule has 0 radical (unpaired) electrons. The van der Waals surface area contributed by atoms with Crippen LogP contribution in [0.25, 0.3) is 77.1 Å². The van der Waals surface area contributed by atoms with Crippen LogP contribution in [0.1, 0.15) is 0 Å². The molecule has 5 heteroatoms. The zero-order valence-electron chi connectivity index (χ0n) is 21.4. The molecule has 0 saturated carbocycles. The average Bonchev–Trinajstić information content (AvgIpc) is 3.51. The van der Waals surface area contributed by atoms with Crippen LogP contribution in [0.3, 0.4) is 0 Å². The number of hydrogen-bond donors (Lipinski definition) is 0. The van der Waals surface area contributed by atoms with Crippen molar-refractivity contribution >= 4 is 65.4 Å². The second-order valence-electron chi connectivity index (χ2n) is 10.2. The summed E-state index contributed by atoms with van der Waals surface area (Å²) in [6.07, 6.45) is 3.89. The number of pyridine rings is 3. The number of rotatable bonds is 2. The van der Waals surface area contributed by atoms with E-state index in [0.717, 1.165) is 77.1 Å². The largest absolute Gasteiger partial charge is 0.278 e. The molecule has 0 atom stereocenters. The molecule has 0 aliphatic carbocycles. The Balaban J connectivity index is 1.43. The average molecular weight is 512 g/mol. The molecule has 0 saturated heterocycles. The lowest BCUT2D eigenvalue weighted by atomic mass is 10.1. The van der Waals surface area contributed by atoms with Gasteiger partial charge < -0.3 is 0 Å². The molecule has 0 fully saturated rings. The van der Waals surface area contributed by atoms with Gasteiger partial charge in [-0.25, -0.2) is 15.0 Å². The lowest BCUT2D eigenvalue weighted by molar-refractivity contribution is 1.04. The second kappa shape index (κ2) is 7.98. The Morgan fingerprint density at radius 3 is 1.32 bits per heavy atom. The molecule has 0 aliphatic heterocycles. The van der Waals surface area contributed by atoms with Crippen molar-refractivity contribution in [1.82, 2.24) is 24.1 Å². The van der Waals surface area contributed by atoms with E-state index in [1.165, 1.54) is 0 Å². The summed E-state index contributed by atoms with van der Waals surface area (Å²) in [5.74, 6) is 1.70. The first-order valence-corrected chi connectivity index (χ1v) is 13.4. The van der Waals surface area contributed by atoms with Gasteiger partial charge in [0.2, 0.25) is 0 Å². The van der Waals surface area contributed by atoms with Gasteiger partial charge in [-0.2, -0.15) is 0 Å². The number of aromatic nitrogens is 5. The van der Waals surface area contributed by atoms with Crippen molar-refractivity contribution in [1.29, 1.82) is 0 Å². The summed E-state index contributed by atoms with van der Waals surface area (Å²) in [5.41, 5.74) is 3.92. The van der Waals surface area contributed by atoms with Gasteiger partial charge >= 0.3 is 0 Å². The van der Waals surface area contributed by atoms with Crippen molar-refractivity contribution in [3.8, 4) is 11.6 Å². The molecule has 0 amide bonds. The maximum Gasteiger partial charge on any atom is 0.149 e. The van der Waals surface area contributed by atoms with E-state index in [2.05, 4.69) is 112 Å². The molecule has 0 spiro atoms. The number of benzene rings is 4. The fourth-order valence-corrected chi connectivity index (χ4v) is 6.10. The number of hydrogen-bond acceptors (Lipinski definition) is 3. The molecule has 0 aliphatic rings. The van der Waals surface area contributed by atoms with Crippen LogP contribution in [0, 0.1) is 0 Å². The zero-order valence-corrected chi connectivity index (χ0v) is 21.4. The van der Waals surface area contributed by atoms with Gasteiger partial charge in [-0.05, 0) is 41.1 Å². The van der Waals surface area contributed by atoms with Crippen LogP contribution in [0.4, 0.5) is 0 Å². The molecule has 0 N–H and O–H groups in total. The van der Waals surface area contributed by atoms with Gasteiger partial charge in [0.05, 0.1) is 11.0 Å². The second-order valence-corrected chi connectivity index (χ2v) is 10.2. The SMILES string of the molecule is c1ccc2cc(-n3c4ccccc4c4cc5c6ccccc6n(-c6cc7ccccc7cn6)c5nc43)ncc2c1. The Morgan fingerprint density at radius 2 is 0.825 bits per heavy atom. The summed E-state index contributed by atoms with van der Waals surface area (Å²) in [5, 5.41) is 9.04. The van der Waals surface area contributed by atoms with Crippen molar-refractivity contribution in [3.05, 3.63) is 128 Å². The molecule has 40 heavy (non-hydrogen) atoms. The molecule has 5 nitrogen and oxygen atoms in total. The Bertz CT molecular complexity index is 2280. The van der Waals surface area contributed by atoms with Crippen LogP contribution in [-0.2, 0) is 0 Å². The van der Waals surface area contributed by atoms with Crippen molar-refractivity contribution in [2.24, 2.45) is 0 Å². The van der Waals surface area contributed by atoms with Crippen molar-refractivity contribution < 1.29 is 0 Å². The lowest BCUT2D eigenvalue weighted by Crippen LogP contribution is -2.01. The topological polar surface area (TPSA) is 48.5 Å². The van der Waals surface area contributed by atoms with E-state index in [4.69, 9.17) is 15.0 Å². The minimum absolute atomic E-state index is 0.850. The Labute approximate surface area is 228 Å². The van der Waals surface area contributed by atoms with E-state index < -0.39 is 0 Å². The minimum Gasteiger partial charge on any atom is -0.278 e. The fourth-order valence-electron chi connectivity index (χ4n) is 6.10. The van der Waals surface area contributed by atoms with Gasteiger partial charge in [-0.1, -0.05) is 84.9 Å². The van der Waals surface area contributed by atoms with Crippen molar-refractivity contribution in [3.63, 3.8) is 0 Å². The van der Waals surface area contributed by atoms with Crippen LogP contribution >= 0.6 is 0 Å². The van der Waals surface area contributed by atoms with Crippen LogP contribution < -0.4 is 0 Å². The normalized spacial score (nSPS) is 12.0. The third kappa shape index (κ3) is 2.94. The molecule has 9 rings (SSSR count). The first kappa shape index (κ1) is 21.4. The number of fused-ring (bicyclic) bond motifs is 8. The van der Waals surface area contributed by atoms with E-state index >= 15 is 0 Å². The smallest absolute Gasteiger partial charge is 0.149 e. The molecule has 186 valence electrons. The van der Waals surface area contributed by atoms with Crippen molar-refractivity contribution in [2.45, 2.75) is 0 Å². The van der Waals surface area contributed by atoms with Gasteiger partial charge in [0, 0.05) is 44.7 Å². The highest BCUT2D eigenvalue weighted by Crippen LogP contribution is 2.37. The molecule has 5 heterocycles. The first-order valence-electron chi connectivity index (χ1n) is 13.4. The van der Waals surface area contributed by atoms with E-state index in [9.17, 15) is 0 Å². The highest BCUT2D eigenvalue weighted by Gasteiger charge is 2.20. The first-order chi connectivity index (χ1) is 19.8. The predicted molar refractivity (Wildman–Crippen MR) is 164 cm³/mol. The molecule has 4 aromatic carbocycles. The third-order valence-corrected chi connectivity index (χ3v) is 7.97. The van der Waals surface area contributed by atoms with Crippen LogP contribution in [0.5, 0.6) is 0 Å². The van der Waals surface area contributed by atoms with Gasteiger partial charge in [0.1, 0.15) is 22.9 Å². The summed E-state index contributed by atoms with van der Waals surface area (Å²) in [6, 6.07) is 40.2. The maximum absolute atomic E-state index is 5.41. The molecular formula is C35H21N5. The highest BCUT2D eigenvalue weighted by molar-refractivity contribution is 6.16. The van der Waals surface area contributed by atoms with Gasteiger partial charge in [-0.3, -0.25) is 9.13 Å². The summed E-state index contributed by atoms with van der Waals surface area (Å²) < 4.78 is 4.37. The van der Waals surface area contributed by atoms with Crippen molar-refractivity contribution in [2.75, 3.05) is 0 Å². The molecule has 5 aromatic heterocycles. The standard InChI is InChI=1S/C35H21N5/c1-3-11-24-20-36-32(17-22(24)9-1)39-30-15-7-5-13-26(30)28-19-29-27-14-6-8-16-31(27)40(35(29)38-34(28)39)33-18-23-10-2-4-12-25(23)21-37-33/h1-21H. The maximum atomic E-state index is 5.41. The fraction of sp³-hybridized carbons (Fsp3) is 0. The Morgan fingerprint density at radius 1 is 0.400 bits per heavy atom. The summed E-state index contributed by atoms with van der Waals surface area (Å²) in [7, 11) is 0. The van der Waals surface area contributed by atoms with Gasteiger partial charge in [-0.15, -0.1) is 0 Å². The number of para-hydroxylation sites is 2. The van der Waals surface area contributed by atoms with E-state index in [1.807, 2.05) is 24.5 Å². The Kier molecular flexibility index (Phi) is 4.27. The Hall–Kier alpha value is -5.55. The summed E-state index contributed by atoms with van der Waals surface area (Å²) in [4.78, 5) is 15.2. The van der Waals surface area contributed by atoms with Crippen LogP contribution in [0.2, 0.25) is 0 Å². The molecular weight excluding hydrogens is 490 g/mol. The molecule has 0 unspecified atom stereocenters. The highest BCUT2D eigenvalue weighted by atomic mass is 15.2. The van der Waals surface area contributed by atoms with E-state index in [-0.39, 0.29) is 0 Å². The summed E-state index contributed by atoms with van der Waals surface area (Å²) >= 11 is 0. The quantitative estimate of drug-likeness (QED) is 0.234. The monoisotopic (exact) mass is 511 g/mol.